The smallest absolute Gasteiger partial charge is 0.163 e. The van der Waals surface area contributed by atoms with Crippen molar-refractivity contribution in [3.05, 3.63) is 83.0 Å². The quantitative estimate of drug-likeness (QED) is 0.333. The Bertz CT molecular complexity index is 1460. The van der Waals surface area contributed by atoms with Crippen molar-refractivity contribution < 1.29 is 0 Å². The summed E-state index contributed by atoms with van der Waals surface area (Å²) in [6.07, 6.45) is 9.10. The Labute approximate surface area is 203 Å². The Morgan fingerprint density at radius 3 is 2.68 bits per heavy atom. The molecule has 1 aliphatic carbocycles. The number of aryl methyl sites for hydroxylation is 2. The van der Waals surface area contributed by atoms with Gasteiger partial charge in [-0.1, -0.05) is 42.5 Å². The number of nitrogens with two attached hydrogens (primary N) is 1. The van der Waals surface area contributed by atoms with Gasteiger partial charge in [0.2, 0.25) is 0 Å². The third-order valence-corrected chi connectivity index (χ3v) is 7.83. The van der Waals surface area contributed by atoms with Crippen LogP contribution < -0.4 is 11.1 Å². The summed E-state index contributed by atoms with van der Waals surface area (Å²) < 4.78 is 0. The number of hydrogen-bond donors (Lipinski definition) is 2. The van der Waals surface area contributed by atoms with E-state index in [2.05, 4.69) is 52.8 Å². The van der Waals surface area contributed by atoms with E-state index in [1.54, 1.807) is 12.4 Å². The van der Waals surface area contributed by atoms with Crippen LogP contribution in [0.25, 0.3) is 32.4 Å². The Morgan fingerprint density at radius 2 is 1.76 bits per heavy atom. The van der Waals surface area contributed by atoms with Crippen LogP contribution in [0, 0.1) is 0 Å². The molecule has 1 unspecified atom stereocenters. The standard InChI is InChI=1S/C28H27N5S/c29-21(16-20-8-5-7-18-6-1-2-9-22(18)20)17-31-27-25-23-10-3-4-11-24(23)34-28(25)33-26(32-27)19-12-14-30-15-13-19/h1-2,5-9,12-15,21H,3-4,10-11,16-17,29H2,(H,31,32,33). The number of hydrogen-bond acceptors (Lipinski definition) is 6. The van der Waals surface area contributed by atoms with Crippen LogP contribution in [0.15, 0.2) is 67.0 Å². The molecule has 34 heavy (non-hydrogen) atoms. The van der Waals surface area contributed by atoms with Gasteiger partial charge in [0.15, 0.2) is 5.82 Å². The summed E-state index contributed by atoms with van der Waals surface area (Å²) in [6, 6.07) is 18.8. The van der Waals surface area contributed by atoms with Crippen molar-refractivity contribution in [2.45, 2.75) is 38.1 Å². The van der Waals surface area contributed by atoms with Crippen LogP contribution in [0.3, 0.4) is 0 Å². The van der Waals surface area contributed by atoms with E-state index in [-0.39, 0.29) is 6.04 Å². The number of thiophene rings is 1. The molecule has 1 atom stereocenters. The molecule has 3 aromatic heterocycles. The summed E-state index contributed by atoms with van der Waals surface area (Å²) in [7, 11) is 0. The molecule has 0 spiro atoms. The zero-order valence-electron chi connectivity index (χ0n) is 19.0. The first-order valence-corrected chi connectivity index (χ1v) is 12.8. The van der Waals surface area contributed by atoms with Gasteiger partial charge in [0, 0.05) is 35.4 Å². The van der Waals surface area contributed by atoms with Crippen molar-refractivity contribution in [3.8, 4) is 11.4 Å². The van der Waals surface area contributed by atoms with Crippen molar-refractivity contribution in [2.24, 2.45) is 5.73 Å². The number of anilines is 1. The predicted molar refractivity (Wildman–Crippen MR) is 141 cm³/mol. The van der Waals surface area contributed by atoms with Gasteiger partial charge < -0.3 is 11.1 Å². The summed E-state index contributed by atoms with van der Waals surface area (Å²) in [6.45, 7) is 0.649. The van der Waals surface area contributed by atoms with Crippen LogP contribution in [0.5, 0.6) is 0 Å². The highest BCUT2D eigenvalue weighted by Gasteiger charge is 2.22. The molecule has 0 saturated carbocycles. The van der Waals surface area contributed by atoms with Gasteiger partial charge in [0.25, 0.3) is 0 Å². The first-order chi connectivity index (χ1) is 16.8. The Balaban J connectivity index is 1.31. The van der Waals surface area contributed by atoms with Gasteiger partial charge in [-0.3, -0.25) is 4.98 Å². The average Bonchev–Trinajstić information content (AvgIpc) is 3.27. The maximum atomic E-state index is 6.64. The molecule has 3 N–H and O–H groups in total. The number of nitrogens with one attached hydrogen (secondary N) is 1. The lowest BCUT2D eigenvalue weighted by molar-refractivity contribution is 0.697. The molecule has 0 radical (unpaired) electrons. The fourth-order valence-corrected chi connectivity index (χ4v) is 6.23. The van der Waals surface area contributed by atoms with Gasteiger partial charge in [0.05, 0.1) is 5.39 Å². The second kappa shape index (κ2) is 9.12. The van der Waals surface area contributed by atoms with Gasteiger partial charge in [-0.05, 0) is 66.1 Å². The van der Waals surface area contributed by atoms with Gasteiger partial charge in [-0.15, -0.1) is 11.3 Å². The Kier molecular flexibility index (Phi) is 5.69. The first kappa shape index (κ1) is 21.2. The molecule has 0 fully saturated rings. The van der Waals surface area contributed by atoms with Crippen LogP contribution in [-0.2, 0) is 19.3 Å². The maximum absolute atomic E-state index is 6.64. The van der Waals surface area contributed by atoms with E-state index < -0.39 is 0 Å². The third kappa shape index (κ3) is 4.04. The molecule has 0 amide bonds. The monoisotopic (exact) mass is 465 g/mol. The van der Waals surface area contributed by atoms with E-state index in [1.807, 2.05) is 23.5 Å². The largest absolute Gasteiger partial charge is 0.368 e. The van der Waals surface area contributed by atoms with Gasteiger partial charge >= 0.3 is 0 Å². The van der Waals surface area contributed by atoms with Crippen molar-refractivity contribution in [3.63, 3.8) is 0 Å². The molecule has 6 rings (SSSR count). The summed E-state index contributed by atoms with van der Waals surface area (Å²) >= 11 is 1.82. The minimum absolute atomic E-state index is 0.0327. The molecule has 170 valence electrons. The van der Waals surface area contributed by atoms with Crippen molar-refractivity contribution in [1.29, 1.82) is 0 Å². The molecule has 5 nitrogen and oxygen atoms in total. The SMILES string of the molecule is NC(CNc1nc(-c2ccncc2)nc2sc3c(c12)CCCC3)Cc1cccc2ccccc12. The fraction of sp³-hybridized carbons (Fsp3) is 0.250. The lowest BCUT2D eigenvalue weighted by atomic mass is 9.97. The van der Waals surface area contributed by atoms with Crippen LogP contribution in [0.1, 0.15) is 28.8 Å². The normalized spacial score (nSPS) is 14.3. The molecular formula is C28H27N5S. The van der Waals surface area contributed by atoms with E-state index in [4.69, 9.17) is 15.7 Å². The van der Waals surface area contributed by atoms with Crippen LogP contribution >= 0.6 is 11.3 Å². The van der Waals surface area contributed by atoms with Crippen LogP contribution in [-0.4, -0.2) is 27.5 Å². The van der Waals surface area contributed by atoms with Crippen molar-refractivity contribution in [1.82, 2.24) is 15.0 Å². The summed E-state index contributed by atoms with van der Waals surface area (Å²) in [4.78, 5) is 16.6. The highest BCUT2D eigenvalue weighted by molar-refractivity contribution is 7.19. The van der Waals surface area contributed by atoms with Gasteiger partial charge in [-0.2, -0.15) is 0 Å². The molecule has 0 aliphatic heterocycles. The lowest BCUT2D eigenvalue weighted by Crippen LogP contribution is -2.31. The van der Waals surface area contributed by atoms with Crippen molar-refractivity contribution >= 4 is 38.1 Å². The molecule has 0 bridgehead atoms. The number of rotatable bonds is 6. The molecule has 5 aromatic rings. The minimum atomic E-state index is -0.0327. The van der Waals surface area contributed by atoms with E-state index >= 15 is 0 Å². The lowest BCUT2D eigenvalue weighted by Gasteiger charge is -2.17. The number of aromatic nitrogens is 3. The zero-order chi connectivity index (χ0) is 22.9. The minimum Gasteiger partial charge on any atom is -0.368 e. The number of nitrogens with zero attached hydrogens (tertiary/aromatic N) is 3. The molecule has 3 heterocycles. The van der Waals surface area contributed by atoms with E-state index in [1.165, 1.54) is 45.0 Å². The Hall–Kier alpha value is -3.35. The number of pyridine rings is 1. The highest BCUT2D eigenvalue weighted by Crippen LogP contribution is 2.39. The molecular weight excluding hydrogens is 438 g/mol. The van der Waals surface area contributed by atoms with E-state index in [0.29, 0.717) is 6.54 Å². The molecule has 6 heteroatoms. The second-order valence-corrected chi connectivity index (χ2v) is 10.1. The third-order valence-electron chi connectivity index (χ3n) is 6.65. The maximum Gasteiger partial charge on any atom is 0.163 e. The molecule has 0 saturated heterocycles. The summed E-state index contributed by atoms with van der Waals surface area (Å²) in [5.74, 6) is 1.64. The molecule has 2 aromatic carbocycles. The van der Waals surface area contributed by atoms with Crippen LogP contribution in [0.4, 0.5) is 5.82 Å². The topological polar surface area (TPSA) is 76.7 Å². The van der Waals surface area contributed by atoms with E-state index in [0.717, 1.165) is 41.3 Å². The second-order valence-electron chi connectivity index (χ2n) is 9.01. The summed E-state index contributed by atoms with van der Waals surface area (Å²) in [5, 5.41) is 7.34. The van der Waals surface area contributed by atoms with Crippen LogP contribution in [0.2, 0.25) is 0 Å². The summed E-state index contributed by atoms with van der Waals surface area (Å²) in [5.41, 5.74) is 10.3. The number of fused-ring (bicyclic) bond motifs is 4. The fourth-order valence-electron chi connectivity index (χ4n) is 4.97. The van der Waals surface area contributed by atoms with E-state index in [9.17, 15) is 0 Å². The highest BCUT2D eigenvalue weighted by atomic mass is 32.1. The average molecular weight is 466 g/mol. The number of benzene rings is 2. The predicted octanol–water partition coefficient (Wildman–Crippen LogP) is 5.77. The van der Waals surface area contributed by atoms with Gasteiger partial charge in [-0.25, -0.2) is 9.97 Å². The Morgan fingerprint density at radius 1 is 0.941 bits per heavy atom. The van der Waals surface area contributed by atoms with Gasteiger partial charge in [0.1, 0.15) is 10.6 Å². The zero-order valence-corrected chi connectivity index (χ0v) is 19.8. The van der Waals surface area contributed by atoms with Crippen molar-refractivity contribution in [2.75, 3.05) is 11.9 Å². The molecule has 1 aliphatic rings. The first-order valence-electron chi connectivity index (χ1n) is 11.9.